The van der Waals surface area contributed by atoms with Gasteiger partial charge in [-0.2, -0.15) is 5.10 Å². The Bertz CT molecular complexity index is 1180. The molecule has 0 fully saturated rings. The van der Waals surface area contributed by atoms with Crippen molar-refractivity contribution in [2.24, 2.45) is 5.92 Å². The fraction of sp³-hybridized carbons (Fsp3) is 0.333. The van der Waals surface area contributed by atoms with Crippen molar-refractivity contribution in [2.75, 3.05) is 0 Å². The highest BCUT2D eigenvalue weighted by molar-refractivity contribution is 6.05. The molecule has 0 unspecified atom stereocenters. The molecule has 0 bridgehead atoms. The molecular weight excluding hydrogens is 380 g/mol. The summed E-state index contributed by atoms with van der Waals surface area (Å²) < 4.78 is 6.76. The number of carbonyl (C=O) groups is 2. The minimum Gasteiger partial charge on any atom is -0.449 e. The maximum atomic E-state index is 12.9. The van der Waals surface area contributed by atoms with Crippen molar-refractivity contribution in [1.29, 1.82) is 0 Å². The van der Waals surface area contributed by atoms with Crippen molar-refractivity contribution in [2.45, 2.75) is 47.3 Å². The second-order valence-electron chi connectivity index (χ2n) is 7.99. The smallest absolute Gasteiger partial charge is 0.360 e. The summed E-state index contributed by atoms with van der Waals surface area (Å²) in [6.45, 7) is 9.74. The number of fused-ring (bicyclic) bond motifs is 1. The molecule has 6 heteroatoms. The lowest BCUT2D eigenvalue weighted by Gasteiger charge is -2.15. The summed E-state index contributed by atoms with van der Waals surface area (Å²) in [5.41, 5.74) is 2.34. The van der Waals surface area contributed by atoms with Gasteiger partial charge in [0.25, 0.3) is 5.56 Å². The molecule has 3 aromatic rings. The Kier molecular flexibility index (Phi) is 6.15. The first-order chi connectivity index (χ1) is 14.2. The second-order valence-corrected chi connectivity index (χ2v) is 7.99. The molecule has 30 heavy (non-hydrogen) atoms. The predicted octanol–water partition coefficient (Wildman–Crippen LogP) is 4.10. The molecular formula is C24H26N2O4. The van der Waals surface area contributed by atoms with Gasteiger partial charge in [-0.05, 0) is 49.9 Å². The van der Waals surface area contributed by atoms with Gasteiger partial charge in [-0.1, -0.05) is 44.2 Å². The third-order valence-electron chi connectivity index (χ3n) is 5.04. The van der Waals surface area contributed by atoms with Gasteiger partial charge in [-0.15, -0.1) is 0 Å². The van der Waals surface area contributed by atoms with Crippen molar-refractivity contribution in [3.05, 3.63) is 75.2 Å². The third-order valence-corrected chi connectivity index (χ3v) is 5.04. The molecule has 1 aromatic heterocycles. The van der Waals surface area contributed by atoms with Crippen LogP contribution in [-0.2, 0) is 11.3 Å². The fourth-order valence-electron chi connectivity index (χ4n) is 3.25. The van der Waals surface area contributed by atoms with E-state index >= 15 is 0 Å². The lowest BCUT2D eigenvalue weighted by atomic mass is 10.0. The molecule has 2 aromatic carbocycles. The van der Waals surface area contributed by atoms with Crippen LogP contribution in [0.25, 0.3) is 10.8 Å². The van der Waals surface area contributed by atoms with E-state index in [1.165, 1.54) is 4.68 Å². The van der Waals surface area contributed by atoms with Crippen LogP contribution in [0.15, 0.2) is 47.3 Å². The predicted molar refractivity (Wildman–Crippen MR) is 116 cm³/mol. The zero-order valence-electron chi connectivity index (χ0n) is 17.9. The molecule has 156 valence electrons. The Labute approximate surface area is 175 Å². The molecule has 0 saturated heterocycles. The van der Waals surface area contributed by atoms with Crippen molar-refractivity contribution in [3.63, 3.8) is 0 Å². The van der Waals surface area contributed by atoms with Gasteiger partial charge in [0.05, 0.1) is 5.39 Å². The minimum atomic E-state index is -0.981. The molecule has 1 atom stereocenters. The molecule has 0 spiro atoms. The summed E-state index contributed by atoms with van der Waals surface area (Å²) in [6, 6.07) is 12.2. The average molecular weight is 406 g/mol. The molecule has 3 rings (SSSR count). The lowest BCUT2D eigenvalue weighted by molar-refractivity contribution is 0.0312. The van der Waals surface area contributed by atoms with E-state index in [1.807, 2.05) is 33.8 Å². The number of carbonyl (C=O) groups excluding carboxylic acids is 2. The van der Waals surface area contributed by atoms with Crippen molar-refractivity contribution in [3.8, 4) is 0 Å². The van der Waals surface area contributed by atoms with Crippen LogP contribution < -0.4 is 5.56 Å². The summed E-state index contributed by atoms with van der Waals surface area (Å²) in [4.78, 5) is 38.4. The van der Waals surface area contributed by atoms with E-state index in [-0.39, 0.29) is 23.0 Å². The number of esters is 1. The van der Waals surface area contributed by atoms with Crippen LogP contribution in [-0.4, -0.2) is 27.6 Å². The fourth-order valence-corrected chi connectivity index (χ4v) is 3.25. The molecule has 0 aliphatic rings. The highest BCUT2D eigenvalue weighted by Crippen LogP contribution is 2.17. The van der Waals surface area contributed by atoms with Crippen molar-refractivity contribution < 1.29 is 14.3 Å². The molecule has 0 saturated carbocycles. The zero-order chi connectivity index (χ0) is 22.0. The van der Waals surface area contributed by atoms with E-state index in [1.54, 1.807) is 43.3 Å². The third kappa shape index (κ3) is 4.32. The summed E-state index contributed by atoms with van der Waals surface area (Å²) in [5, 5.41) is 5.08. The van der Waals surface area contributed by atoms with E-state index in [4.69, 9.17) is 4.74 Å². The number of benzene rings is 2. The number of aryl methyl sites for hydroxylation is 2. The SMILES string of the molecule is Cc1ccc(C(=O)[C@H](C)OC(=O)c2nn(CC(C)C)c(=O)c3ccccc23)cc1C. The molecule has 0 N–H and O–H groups in total. The van der Waals surface area contributed by atoms with Gasteiger partial charge in [0.15, 0.2) is 11.8 Å². The Balaban J connectivity index is 1.94. The van der Waals surface area contributed by atoms with Crippen LogP contribution in [0.1, 0.15) is 52.7 Å². The Hall–Kier alpha value is -3.28. The summed E-state index contributed by atoms with van der Waals surface area (Å²) in [7, 11) is 0. The van der Waals surface area contributed by atoms with Gasteiger partial charge in [0, 0.05) is 17.5 Å². The Morgan fingerprint density at radius 3 is 2.30 bits per heavy atom. The van der Waals surface area contributed by atoms with Crippen LogP contribution in [0.4, 0.5) is 0 Å². The highest BCUT2D eigenvalue weighted by Gasteiger charge is 2.24. The van der Waals surface area contributed by atoms with Gasteiger partial charge >= 0.3 is 5.97 Å². The lowest BCUT2D eigenvalue weighted by Crippen LogP contribution is -2.30. The van der Waals surface area contributed by atoms with E-state index in [9.17, 15) is 14.4 Å². The molecule has 0 aliphatic heterocycles. The van der Waals surface area contributed by atoms with Gasteiger partial charge in [0.1, 0.15) is 0 Å². The van der Waals surface area contributed by atoms with Crippen molar-refractivity contribution in [1.82, 2.24) is 9.78 Å². The maximum absolute atomic E-state index is 12.9. The number of ether oxygens (including phenoxy) is 1. The Morgan fingerprint density at radius 2 is 1.67 bits per heavy atom. The first-order valence-electron chi connectivity index (χ1n) is 10.0. The standard InChI is InChI=1S/C24H26N2O4/c1-14(2)13-26-23(28)20-9-7-6-8-19(20)21(25-26)24(29)30-17(5)22(27)18-11-10-15(3)16(4)12-18/h6-12,14,17H,13H2,1-5H3/t17-/m0/s1. The number of aromatic nitrogens is 2. The second kappa shape index (κ2) is 8.61. The van der Waals surface area contributed by atoms with Crippen LogP contribution in [0.3, 0.4) is 0 Å². The van der Waals surface area contributed by atoms with Crippen LogP contribution in [0.5, 0.6) is 0 Å². The topological polar surface area (TPSA) is 78.3 Å². The monoisotopic (exact) mass is 406 g/mol. The molecule has 0 aliphatic carbocycles. The van der Waals surface area contributed by atoms with Crippen LogP contribution in [0, 0.1) is 19.8 Å². The average Bonchev–Trinajstić information content (AvgIpc) is 2.71. The molecule has 0 amide bonds. The number of hydrogen-bond donors (Lipinski definition) is 0. The van der Waals surface area contributed by atoms with Crippen molar-refractivity contribution >= 4 is 22.5 Å². The van der Waals surface area contributed by atoms with Gasteiger partial charge < -0.3 is 4.74 Å². The van der Waals surface area contributed by atoms with Gasteiger partial charge in [-0.25, -0.2) is 9.48 Å². The van der Waals surface area contributed by atoms with Crippen LogP contribution >= 0.6 is 0 Å². The number of nitrogens with zero attached hydrogens (tertiary/aromatic N) is 2. The van der Waals surface area contributed by atoms with Crippen LogP contribution in [0.2, 0.25) is 0 Å². The molecule has 1 heterocycles. The van der Waals surface area contributed by atoms with Gasteiger partial charge in [-0.3, -0.25) is 9.59 Å². The molecule has 6 nitrogen and oxygen atoms in total. The Morgan fingerprint density at radius 1 is 1.00 bits per heavy atom. The van der Waals surface area contributed by atoms with E-state index < -0.39 is 12.1 Å². The highest BCUT2D eigenvalue weighted by atomic mass is 16.5. The molecule has 0 radical (unpaired) electrons. The number of hydrogen-bond acceptors (Lipinski definition) is 5. The maximum Gasteiger partial charge on any atom is 0.360 e. The largest absolute Gasteiger partial charge is 0.449 e. The normalized spacial score (nSPS) is 12.2. The number of Topliss-reactive ketones (excluding diaryl/α,β-unsaturated/α-hetero) is 1. The quantitative estimate of drug-likeness (QED) is 0.455. The minimum absolute atomic E-state index is 0.0330. The number of ketones is 1. The number of rotatable bonds is 6. The van der Waals surface area contributed by atoms with E-state index in [0.29, 0.717) is 22.9 Å². The summed E-state index contributed by atoms with van der Waals surface area (Å²) in [5.74, 6) is -0.842. The summed E-state index contributed by atoms with van der Waals surface area (Å²) in [6.07, 6.45) is -0.981. The van der Waals surface area contributed by atoms with Gasteiger partial charge in [0.2, 0.25) is 5.78 Å². The van der Waals surface area contributed by atoms with E-state index in [2.05, 4.69) is 5.10 Å². The first-order valence-corrected chi connectivity index (χ1v) is 10.0. The van der Waals surface area contributed by atoms with E-state index in [0.717, 1.165) is 11.1 Å². The first kappa shape index (κ1) is 21.4. The zero-order valence-corrected chi connectivity index (χ0v) is 17.9. The summed E-state index contributed by atoms with van der Waals surface area (Å²) >= 11 is 0.